The van der Waals surface area contributed by atoms with Gasteiger partial charge in [-0.1, -0.05) is 45.4 Å². The number of nitrogens with zero attached hydrogens (tertiary/aromatic N) is 1. The Kier molecular flexibility index (Phi) is 10.4. The largest absolute Gasteiger partial charge is 0.327 e. The predicted molar refractivity (Wildman–Crippen MR) is 69.1 cm³/mol. The molecule has 0 aromatic rings. The van der Waals surface area contributed by atoms with Crippen LogP contribution in [0.1, 0.15) is 58.8 Å². The van der Waals surface area contributed by atoms with Gasteiger partial charge in [0.25, 0.3) is 0 Å². The van der Waals surface area contributed by atoms with E-state index in [-0.39, 0.29) is 0 Å². The Bertz CT molecular complexity index is 124. The minimum Gasteiger partial charge on any atom is -0.327 e. The Balaban J connectivity index is 3.09. The molecule has 1 unspecified atom stereocenters. The molecule has 0 heterocycles. The van der Waals surface area contributed by atoms with Gasteiger partial charge in [0, 0.05) is 12.6 Å². The molecule has 0 aliphatic carbocycles. The second-order valence-electron chi connectivity index (χ2n) is 4.86. The van der Waals surface area contributed by atoms with Crippen molar-refractivity contribution in [1.82, 2.24) is 4.90 Å². The molecule has 0 aromatic carbocycles. The lowest BCUT2D eigenvalue weighted by Crippen LogP contribution is -2.33. The van der Waals surface area contributed by atoms with E-state index in [4.69, 9.17) is 5.73 Å². The number of hydrogen-bond donors (Lipinski definition) is 1. The quantitative estimate of drug-likeness (QED) is 0.566. The van der Waals surface area contributed by atoms with Crippen molar-refractivity contribution in [2.24, 2.45) is 5.73 Å². The fraction of sp³-hybridized carbons (Fsp3) is 1.00. The third-order valence-electron chi connectivity index (χ3n) is 2.74. The Morgan fingerprint density at radius 1 is 1.00 bits per heavy atom. The molecule has 15 heavy (non-hydrogen) atoms. The Morgan fingerprint density at radius 3 is 2.07 bits per heavy atom. The van der Waals surface area contributed by atoms with Crippen LogP contribution >= 0.6 is 0 Å². The normalized spacial score (nSPS) is 13.4. The zero-order valence-electron chi connectivity index (χ0n) is 11.0. The molecule has 0 aliphatic heterocycles. The van der Waals surface area contributed by atoms with Gasteiger partial charge in [0.15, 0.2) is 0 Å². The smallest absolute Gasteiger partial charge is 0.0139 e. The van der Waals surface area contributed by atoms with E-state index in [1.54, 1.807) is 0 Å². The number of nitrogens with two attached hydrogens (primary N) is 1. The Labute approximate surface area is 96.2 Å². The summed E-state index contributed by atoms with van der Waals surface area (Å²) in [4.78, 5) is 2.34. The zero-order chi connectivity index (χ0) is 11.5. The fourth-order valence-electron chi connectivity index (χ4n) is 1.92. The Hall–Kier alpha value is -0.0800. The molecular formula is C13H30N2. The van der Waals surface area contributed by atoms with Crippen LogP contribution in [0.25, 0.3) is 0 Å². The molecule has 1 atom stereocenters. The van der Waals surface area contributed by atoms with Crippen molar-refractivity contribution in [2.45, 2.75) is 64.8 Å². The molecule has 0 spiro atoms. The first-order chi connectivity index (χ1) is 7.16. The van der Waals surface area contributed by atoms with Crippen molar-refractivity contribution in [3.63, 3.8) is 0 Å². The van der Waals surface area contributed by atoms with Crippen LogP contribution in [0.4, 0.5) is 0 Å². The lowest BCUT2D eigenvalue weighted by molar-refractivity contribution is 0.308. The molecule has 0 radical (unpaired) electrons. The molecule has 2 nitrogen and oxygen atoms in total. The summed E-state index contributed by atoms with van der Waals surface area (Å²) in [5.74, 6) is 0. The second-order valence-corrected chi connectivity index (χ2v) is 4.86. The third-order valence-corrected chi connectivity index (χ3v) is 2.74. The predicted octanol–water partition coefficient (Wildman–Crippen LogP) is 3.02. The van der Waals surface area contributed by atoms with Crippen LogP contribution in [0.5, 0.6) is 0 Å². The van der Waals surface area contributed by atoms with Crippen molar-refractivity contribution in [3.05, 3.63) is 0 Å². The molecule has 0 amide bonds. The first-order valence-corrected chi connectivity index (χ1v) is 6.61. The van der Waals surface area contributed by atoms with E-state index in [1.165, 1.54) is 51.5 Å². The van der Waals surface area contributed by atoms with E-state index in [2.05, 4.69) is 25.8 Å². The first kappa shape index (κ1) is 14.9. The zero-order valence-corrected chi connectivity index (χ0v) is 11.0. The van der Waals surface area contributed by atoms with Gasteiger partial charge >= 0.3 is 0 Å². The highest BCUT2D eigenvalue weighted by Crippen LogP contribution is 2.07. The molecule has 0 bridgehead atoms. The van der Waals surface area contributed by atoms with Gasteiger partial charge < -0.3 is 10.6 Å². The van der Waals surface area contributed by atoms with Crippen molar-refractivity contribution in [3.8, 4) is 0 Å². The van der Waals surface area contributed by atoms with E-state index in [9.17, 15) is 0 Å². The van der Waals surface area contributed by atoms with Crippen molar-refractivity contribution in [2.75, 3.05) is 20.1 Å². The fourth-order valence-corrected chi connectivity index (χ4v) is 1.92. The van der Waals surface area contributed by atoms with E-state index < -0.39 is 0 Å². The topological polar surface area (TPSA) is 29.3 Å². The molecule has 2 N–H and O–H groups in total. The lowest BCUT2D eigenvalue weighted by Gasteiger charge is -2.18. The van der Waals surface area contributed by atoms with Gasteiger partial charge in [-0.05, 0) is 26.9 Å². The van der Waals surface area contributed by atoms with Crippen molar-refractivity contribution < 1.29 is 0 Å². The maximum atomic E-state index is 5.74. The van der Waals surface area contributed by atoms with Gasteiger partial charge in [0.1, 0.15) is 0 Å². The van der Waals surface area contributed by atoms with Gasteiger partial charge in [0.2, 0.25) is 0 Å². The molecule has 0 rings (SSSR count). The molecule has 0 aromatic heterocycles. The van der Waals surface area contributed by atoms with Gasteiger partial charge in [-0.15, -0.1) is 0 Å². The van der Waals surface area contributed by atoms with Crippen LogP contribution in [0, 0.1) is 0 Å². The van der Waals surface area contributed by atoms with E-state index in [0.29, 0.717) is 6.04 Å². The molecular weight excluding hydrogens is 184 g/mol. The number of rotatable bonds is 10. The van der Waals surface area contributed by atoms with Gasteiger partial charge in [-0.2, -0.15) is 0 Å². The number of unbranched alkanes of at least 4 members (excludes halogenated alkanes) is 6. The van der Waals surface area contributed by atoms with Crippen LogP contribution in [0.2, 0.25) is 0 Å². The summed E-state index contributed by atoms with van der Waals surface area (Å²) >= 11 is 0. The van der Waals surface area contributed by atoms with Gasteiger partial charge in [-0.3, -0.25) is 0 Å². The summed E-state index contributed by atoms with van der Waals surface area (Å²) in [6.45, 7) is 6.56. The molecule has 0 fully saturated rings. The molecule has 0 aliphatic rings. The number of hydrogen-bond acceptors (Lipinski definition) is 2. The SMILES string of the molecule is CCCCCCCCCN(C)CC(C)N. The van der Waals surface area contributed by atoms with E-state index >= 15 is 0 Å². The first-order valence-electron chi connectivity index (χ1n) is 6.61. The maximum Gasteiger partial charge on any atom is 0.0139 e. The van der Waals surface area contributed by atoms with Crippen molar-refractivity contribution >= 4 is 0 Å². The number of likely N-dealkylation sites (N-methyl/N-ethyl adjacent to an activating group) is 1. The molecule has 92 valence electrons. The lowest BCUT2D eigenvalue weighted by atomic mass is 10.1. The highest BCUT2D eigenvalue weighted by atomic mass is 15.1. The highest BCUT2D eigenvalue weighted by molar-refractivity contribution is 4.59. The van der Waals surface area contributed by atoms with Crippen LogP contribution < -0.4 is 5.73 Å². The second kappa shape index (κ2) is 10.4. The summed E-state index contributed by atoms with van der Waals surface area (Å²) in [5, 5.41) is 0. The van der Waals surface area contributed by atoms with Crippen LogP contribution in [0.3, 0.4) is 0 Å². The van der Waals surface area contributed by atoms with Crippen LogP contribution in [-0.4, -0.2) is 31.1 Å². The highest BCUT2D eigenvalue weighted by Gasteiger charge is 2.00. The maximum absolute atomic E-state index is 5.74. The van der Waals surface area contributed by atoms with Crippen molar-refractivity contribution in [1.29, 1.82) is 0 Å². The molecule has 0 saturated carbocycles. The van der Waals surface area contributed by atoms with Gasteiger partial charge in [0.05, 0.1) is 0 Å². The summed E-state index contributed by atoms with van der Waals surface area (Å²) in [7, 11) is 2.17. The van der Waals surface area contributed by atoms with Crippen LogP contribution in [-0.2, 0) is 0 Å². The van der Waals surface area contributed by atoms with E-state index in [1.807, 2.05) is 0 Å². The van der Waals surface area contributed by atoms with E-state index in [0.717, 1.165) is 6.54 Å². The summed E-state index contributed by atoms with van der Waals surface area (Å²) in [6.07, 6.45) is 9.72. The average molecular weight is 214 g/mol. The summed E-state index contributed by atoms with van der Waals surface area (Å²) < 4.78 is 0. The monoisotopic (exact) mass is 214 g/mol. The summed E-state index contributed by atoms with van der Waals surface area (Å²) in [6, 6.07) is 0.305. The van der Waals surface area contributed by atoms with Gasteiger partial charge in [-0.25, -0.2) is 0 Å². The Morgan fingerprint density at radius 2 is 1.53 bits per heavy atom. The standard InChI is InChI=1S/C13H30N2/c1-4-5-6-7-8-9-10-11-15(3)12-13(2)14/h13H,4-12,14H2,1-3H3. The van der Waals surface area contributed by atoms with Crippen LogP contribution in [0.15, 0.2) is 0 Å². The minimum absolute atomic E-state index is 0.305. The average Bonchev–Trinajstić information content (AvgIpc) is 2.15. The minimum atomic E-state index is 0.305. The molecule has 2 heteroatoms. The third kappa shape index (κ3) is 11.8. The summed E-state index contributed by atoms with van der Waals surface area (Å²) in [5.41, 5.74) is 5.74. The molecule has 0 saturated heterocycles.